The molecule has 1 fully saturated rings. The maximum absolute atomic E-state index is 5.35. The van der Waals surface area contributed by atoms with Crippen LogP contribution in [0, 0.1) is 0 Å². The second kappa shape index (κ2) is 6.72. The van der Waals surface area contributed by atoms with Crippen LogP contribution in [0.3, 0.4) is 0 Å². The van der Waals surface area contributed by atoms with Crippen molar-refractivity contribution in [3.8, 4) is 11.4 Å². The number of morpholine rings is 1. The summed E-state index contributed by atoms with van der Waals surface area (Å²) in [4.78, 5) is 6.75. The van der Waals surface area contributed by atoms with Gasteiger partial charge < -0.3 is 9.64 Å². The normalized spacial score (nSPS) is 15.4. The van der Waals surface area contributed by atoms with Crippen molar-refractivity contribution < 1.29 is 4.74 Å². The van der Waals surface area contributed by atoms with Crippen LogP contribution in [-0.4, -0.2) is 41.5 Å². The Morgan fingerprint density at radius 2 is 1.95 bits per heavy atom. The molecule has 21 heavy (non-hydrogen) atoms. The van der Waals surface area contributed by atoms with Crippen molar-refractivity contribution in [2.24, 2.45) is 0 Å². The van der Waals surface area contributed by atoms with Gasteiger partial charge in [0.05, 0.1) is 13.2 Å². The van der Waals surface area contributed by atoms with Crippen LogP contribution in [0.1, 0.15) is 25.3 Å². The van der Waals surface area contributed by atoms with E-state index in [9.17, 15) is 0 Å². The Morgan fingerprint density at radius 3 is 2.67 bits per heavy atom. The van der Waals surface area contributed by atoms with Crippen LogP contribution >= 0.6 is 0 Å². The minimum absolute atomic E-state index is 0.746. The van der Waals surface area contributed by atoms with E-state index in [1.54, 1.807) is 0 Å². The molecule has 1 aliphatic rings. The zero-order valence-corrected chi connectivity index (χ0v) is 12.5. The van der Waals surface area contributed by atoms with E-state index in [1.807, 2.05) is 0 Å². The van der Waals surface area contributed by atoms with Gasteiger partial charge in [-0.3, -0.25) is 5.10 Å². The van der Waals surface area contributed by atoms with Crippen molar-refractivity contribution >= 4 is 5.95 Å². The van der Waals surface area contributed by atoms with Crippen molar-refractivity contribution in [3.63, 3.8) is 0 Å². The number of aromatic amines is 1. The Hall–Kier alpha value is -1.88. The third-order valence-electron chi connectivity index (χ3n) is 3.81. The van der Waals surface area contributed by atoms with Crippen molar-refractivity contribution in [2.45, 2.75) is 26.2 Å². The van der Waals surface area contributed by atoms with Crippen molar-refractivity contribution in [1.29, 1.82) is 0 Å². The Kier molecular flexibility index (Phi) is 4.50. The van der Waals surface area contributed by atoms with Gasteiger partial charge in [-0.2, -0.15) is 4.98 Å². The summed E-state index contributed by atoms with van der Waals surface area (Å²) in [7, 11) is 0. The third kappa shape index (κ3) is 3.42. The summed E-state index contributed by atoms with van der Waals surface area (Å²) in [6.07, 6.45) is 3.61. The van der Waals surface area contributed by atoms with Gasteiger partial charge in [0.1, 0.15) is 0 Å². The van der Waals surface area contributed by atoms with Gasteiger partial charge in [-0.15, -0.1) is 5.10 Å². The summed E-state index contributed by atoms with van der Waals surface area (Å²) < 4.78 is 5.35. The average molecular weight is 286 g/mol. The zero-order chi connectivity index (χ0) is 14.5. The smallest absolute Gasteiger partial charge is 0.245 e. The van der Waals surface area contributed by atoms with E-state index < -0.39 is 0 Å². The molecule has 1 aliphatic heterocycles. The van der Waals surface area contributed by atoms with Crippen LogP contribution in [0.5, 0.6) is 0 Å². The molecule has 1 N–H and O–H groups in total. The molecule has 0 saturated carbocycles. The number of aromatic nitrogens is 3. The summed E-state index contributed by atoms with van der Waals surface area (Å²) in [5, 5.41) is 7.36. The first-order chi connectivity index (χ1) is 10.4. The lowest BCUT2D eigenvalue weighted by Crippen LogP contribution is -2.36. The lowest BCUT2D eigenvalue weighted by molar-refractivity contribution is 0.122. The number of hydrogen-bond donors (Lipinski definition) is 1. The van der Waals surface area contributed by atoms with Gasteiger partial charge in [0.15, 0.2) is 5.82 Å². The number of H-pyrrole nitrogens is 1. The van der Waals surface area contributed by atoms with Crippen molar-refractivity contribution in [3.05, 3.63) is 29.8 Å². The molecule has 1 saturated heterocycles. The maximum atomic E-state index is 5.35. The topological polar surface area (TPSA) is 54.0 Å². The molecule has 0 bridgehead atoms. The first kappa shape index (κ1) is 14.1. The first-order valence-corrected chi connectivity index (χ1v) is 7.71. The van der Waals surface area contributed by atoms with Gasteiger partial charge >= 0.3 is 0 Å². The molecule has 0 amide bonds. The van der Waals surface area contributed by atoms with Crippen molar-refractivity contribution in [2.75, 3.05) is 31.2 Å². The van der Waals surface area contributed by atoms with Gasteiger partial charge in [-0.1, -0.05) is 37.6 Å². The number of anilines is 1. The average Bonchev–Trinajstić information content (AvgIpc) is 3.04. The maximum Gasteiger partial charge on any atom is 0.245 e. The quantitative estimate of drug-likeness (QED) is 0.918. The van der Waals surface area contributed by atoms with Crippen LogP contribution < -0.4 is 4.90 Å². The van der Waals surface area contributed by atoms with Gasteiger partial charge in [-0.25, -0.2) is 0 Å². The lowest BCUT2D eigenvalue weighted by atomic mass is 10.1. The first-order valence-electron chi connectivity index (χ1n) is 7.71. The highest BCUT2D eigenvalue weighted by Gasteiger charge is 2.16. The minimum atomic E-state index is 0.746. The highest BCUT2D eigenvalue weighted by atomic mass is 16.5. The minimum Gasteiger partial charge on any atom is -0.378 e. The number of rotatable bonds is 5. The number of unbranched alkanes of at least 4 members (excludes halogenated alkanes) is 1. The number of ether oxygens (including phenoxy) is 1. The summed E-state index contributed by atoms with van der Waals surface area (Å²) in [6, 6.07) is 8.60. The standard InChI is InChI=1S/C16H22N4O/c1-2-3-4-13-5-7-14(8-6-13)15-17-16(19-18-15)20-9-11-21-12-10-20/h5-8H,2-4,9-12H2,1H3,(H,17,18,19). The number of nitrogens with one attached hydrogen (secondary N) is 1. The van der Waals surface area contributed by atoms with Crippen LogP contribution in [0.15, 0.2) is 24.3 Å². The van der Waals surface area contributed by atoms with Crippen molar-refractivity contribution in [1.82, 2.24) is 15.2 Å². The van der Waals surface area contributed by atoms with E-state index >= 15 is 0 Å². The monoisotopic (exact) mass is 286 g/mol. The third-order valence-corrected chi connectivity index (χ3v) is 3.81. The summed E-state index contributed by atoms with van der Waals surface area (Å²) in [5.41, 5.74) is 2.47. The zero-order valence-electron chi connectivity index (χ0n) is 12.5. The van der Waals surface area contributed by atoms with Gasteiger partial charge in [-0.05, 0) is 18.4 Å². The molecule has 2 heterocycles. The predicted molar refractivity (Wildman–Crippen MR) is 83.5 cm³/mol. The Labute approximate surface area is 125 Å². The summed E-state index contributed by atoms with van der Waals surface area (Å²) >= 11 is 0. The van der Waals surface area contributed by atoms with E-state index in [4.69, 9.17) is 4.74 Å². The van der Waals surface area contributed by atoms with Crippen LogP contribution in [0.2, 0.25) is 0 Å². The fraction of sp³-hybridized carbons (Fsp3) is 0.500. The lowest BCUT2D eigenvalue weighted by Gasteiger charge is -2.25. The molecule has 5 heteroatoms. The number of aryl methyl sites for hydroxylation is 1. The SMILES string of the molecule is CCCCc1ccc(-c2nc(N3CCOCC3)n[nH]2)cc1. The molecule has 112 valence electrons. The van der Waals surface area contributed by atoms with E-state index in [1.165, 1.54) is 18.4 Å². The number of hydrogen-bond acceptors (Lipinski definition) is 4. The molecular formula is C16H22N4O. The predicted octanol–water partition coefficient (Wildman–Crippen LogP) is 2.65. The molecule has 5 nitrogen and oxygen atoms in total. The van der Waals surface area contributed by atoms with E-state index in [0.717, 1.165) is 50.1 Å². The largest absolute Gasteiger partial charge is 0.378 e. The van der Waals surface area contributed by atoms with E-state index in [-0.39, 0.29) is 0 Å². The number of benzene rings is 1. The molecule has 2 aromatic rings. The fourth-order valence-corrected chi connectivity index (χ4v) is 2.50. The second-order valence-corrected chi connectivity index (χ2v) is 5.38. The second-order valence-electron chi connectivity index (χ2n) is 5.38. The van der Waals surface area contributed by atoms with Crippen LogP contribution in [0.25, 0.3) is 11.4 Å². The Balaban J connectivity index is 1.70. The molecule has 1 aromatic carbocycles. The Morgan fingerprint density at radius 1 is 1.19 bits per heavy atom. The van der Waals surface area contributed by atoms with Gasteiger partial charge in [0, 0.05) is 18.7 Å². The van der Waals surface area contributed by atoms with Crippen LogP contribution in [-0.2, 0) is 11.2 Å². The molecule has 0 radical (unpaired) electrons. The van der Waals surface area contributed by atoms with Gasteiger partial charge in [0.2, 0.25) is 5.95 Å². The molecule has 0 atom stereocenters. The molecule has 0 spiro atoms. The summed E-state index contributed by atoms with van der Waals surface area (Å²) in [5.74, 6) is 1.60. The van der Waals surface area contributed by atoms with Crippen LogP contribution in [0.4, 0.5) is 5.95 Å². The highest BCUT2D eigenvalue weighted by Crippen LogP contribution is 2.19. The number of nitrogens with zero attached hydrogens (tertiary/aromatic N) is 3. The van der Waals surface area contributed by atoms with E-state index in [2.05, 4.69) is 51.3 Å². The summed E-state index contributed by atoms with van der Waals surface area (Å²) in [6.45, 7) is 5.42. The van der Waals surface area contributed by atoms with E-state index in [0.29, 0.717) is 0 Å². The highest BCUT2D eigenvalue weighted by molar-refractivity contribution is 5.56. The molecular weight excluding hydrogens is 264 g/mol. The molecule has 0 unspecified atom stereocenters. The Bertz CT molecular complexity index is 558. The molecule has 3 rings (SSSR count). The molecule has 1 aromatic heterocycles. The fourth-order valence-electron chi connectivity index (χ4n) is 2.50. The molecule has 0 aliphatic carbocycles. The van der Waals surface area contributed by atoms with Gasteiger partial charge in [0.25, 0.3) is 0 Å².